The predicted molar refractivity (Wildman–Crippen MR) is 105 cm³/mol. The van der Waals surface area contributed by atoms with Gasteiger partial charge in [-0.3, -0.25) is 9.36 Å². The van der Waals surface area contributed by atoms with Gasteiger partial charge in [0, 0.05) is 11.4 Å². The molecule has 2 heterocycles. The zero-order valence-electron chi connectivity index (χ0n) is 15.7. The van der Waals surface area contributed by atoms with Gasteiger partial charge in [-0.05, 0) is 53.6 Å². The number of hydrogen-bond acceptors (Lipinski definition) is 6. The van der Waals surface area contributed by atoms with E-state index in [0.29, 0.717) is 11.4 Å². The van der Waals surface area contributed by atoms with Gasteiger partial charge in [0.05, 0.1) is 5.56 Å². The topological polar surface area (TPSA) is 123 Å². The number of aromatic nitrogens is 2. The Morgan fingerprint density at radius 1 is 1.28 bits per heavy atom. The van der Waals surface area contributed by atoms with Gasteiger partial charge in [0.2, 0.25) is 5.75 Å². The minimum absolute atomic E-state index is 0.112. The Bertz CT molecular complexity index is 1120. The number of carbonyl (C=O) groups excluding carboxylic acids is 1. The third-order valence-electron chi connectivity index (χ3n) is 4.38. The van der Waals surface area contributed by atoms with Crippen LogP contribution in [0.5, 0.6) is 5.75 Å². The van der Waals surface area contributed by atoms with Crippen molar-refractivity contribution in [2.75, 3.05) is 11.9 Å². The predicted octanol–water partition coefficient (Wildman–Crippen LogP) is 3.29. The second-order valence-corrected chi connectivity index (χ2v) is 6.14. The molecule has 0 saturated heterocycles. The molecule has 0 aliphatic rings. The highest BCUT2D eigenvalue weighted by Crippen LogP contribution is 2.30. The number of nitriles is 1. The maximum atomic E-state index is 12.5. The first-order valence-corrected chi connectivity index (χ1v) is 8.63. The molecule has 1 aromatic carbocycles. The fraction of sp³-hybridized carbons (Fsp3) is 0.150. The average Bonchev–Trinajstić information content (AvgIpc) is 2.96. The number of carbonyl (C=O) groups is 1. The number of ether oxygens (including phenoxy) is 1. The van der Waals surface area contributed by atoms with E-state index in [9.17, 15) is 20.2 Å². The summed E-state index contributed by atoms with van der Waals surface area (Å²) in [4.78, 5) is 26.4. The van der Waals surface area contributed by atoms with E-state index in [1.807, 2.05) is 37.3 Å². The maximum Gasteiger partial charge on any atom is 0.406 e. The standard InChI is InChI=1S/C20H17N5O4/c1-13-14(2)24(15-7-4-3-5-8-15)19(16(13)11-21)23-18(26)12-29-17-9-6-10-22-20(17)25(27)28/h3-10H,12H2,1-2H3,(H,23,26). The van der Waals surface area contributed by atoms with Gasteiger partial charge in [-0.2, -0.15) is 5.26 Å². The molecule has 0 unspecified atom stereocenters. The molecule has 146 valence electrons. The second kappa shape index (κ2) is 8.22. The quantitative estimate of drug-likeness (QED) is 0.508. The molecular weight excluding hydrogens is 374 g/mol. The van der Waals surface area contributed by atoms with Gasteiger partial charge < -0.3 is 20.2 Å². The van der Waals surface area contributed by atoms with Crippen molar-refractivity contribution in [3.63, 3.8) is 0 Å². The van der Waals surface area contributed by atoms with E-state index in [1.54, 1.807) is 11.5 Å². The van der Waals surface area contributed by atoms with E-state index in [4.69, 9.17) is 4.74 Å². The van der Waals surface area contributed by atoms with E-state index < -0.39 is 23.3 Å². The van der Waals surface area contributed by atoms with E-state index in [2.05, 4.69) is 16.4 Å². The fourth-order valence-corrected chi connectivity index (χ4v) is 2.90. The maximum absolute atomic E-state index is 12.5. The second-order valence-electron chi connectivity index (χ2n) is 6.14. The number of rotatable bonds is 6. The van der Waals surface area contributed by atoms with Crippen LogP contribution >= 0.6 is 0 Å². The Balaban J connectivity index is 1.87. The Morgan fingerprint density at radius 2 is 2.00 bits per heavy atom. The number of hydrogen-bond donors (Lipinski definition) is 1. The number of nitrogens with one attached hydrogen (secondary N) is 1. The molecule has 0 saturated carbocycles. The van der Waals surface area contributed by atoms with Crippen LogP contribution in [0.1, 0.15) is 16.8 Å². The molecular formula is C20H17N5O4. The lowest BCUT2D eigenvalue weighted by molar-refractivity contribution is -0.390. The lowest BCUT2D eigenvalue weighted by atomic mass is 10.2. The molecule has 0 aliphatic carbocycles. The van der Waals surface area contributed by atoms with Gasteiger partial charge in [0.1, 0.15) is 18.1 Å². The van der Waals surface area contributed by atoms with Crippen LogP contribution in [0.15, 0.2) is 48.7 Å². The zero-order chi connectivity index (χ0) is 21.0. The molecule has 0 bridgehead atoms. The van der Waals surface area contributed by atoms with Crippen LogP contribution in [0.3, 0.4) is 0 Å². The number of benzene rings is 1. The summed E-state index contributed by atoms with van der Waals surface area (Å²) in [5.74, 6) is -0.825. The Morgan fingerprint density at radius 3 is 2.66 bits per heavy atom. The summed E-state index contributed by atoms with van der Waals surface area (Å²) in [6.45, 7) is 3.18. The van der Waals surface area contributed by atoms with Gasteiger partial charge >= 0.3 is 5.82 Å². The number of amides is 1. The molecule has 1 N–H and O–H groups in total. The van der Waals surface area contributed by atoms with Crippen LogP contribution < -0.4 is 10.1 Å². The SMILES string of the molecule is Cc1c(C#N)c(NC(=O)COc2cccnc2[N+](=O)[O-])n(-c2ccccc2)c1C. The normalized spacial score (nSPS) is 10.2. The number of pyridine rings is 1. The largest absolute Gasteiger partial charge is 0.476 e. The molecule has 0 aliphatic heterocycles. The number of para-hydroxylation sites is 1. The first kappa shape index (κ1) is 19.6. The van der Waals surface area contributed by atoms with Crippen molar-refractivity contribution in [1.29, 1.82) is 5.26 Å². The van der Waals surface area contributed by atoms with Gasteiger partial charge in [-0.1, -0.05) is 18.2 Å². The van der Waals surface area contributed by atoms with E-state index in [1.165, 1.54) is 18.3 Å². The first-order chi connectivity index (χ1) is 13.9. The first-order valence-electron chi connectivity index (χ1n) is 8.63. The van der Waals surface area contributed by atoms with Gasteiger partial charge in [-0.25, -0.2) is 0 Å². The Hall–Kier alpha value is -4.19. The van der Waals surface area contributed by atoms with Crippen LogP contribution in [0, 0.1) is 35.3 Å². The lowest BCUT2D eigenvalue weighted by Crippen LogP contribution is -2.22. The van der Waals surface area contributed by atoms with Crippen LogP contribution in [0.25, 0.3) is 5.69 Å². The molecule has 1 amide bonds. The third kappa shape index (κ3) is 3.91. The van der Waals surface area contributed by atoms with Crippen molar-refractivity contribution in [2.45, 2.75) is 13.8 Å². The van der Waals surface area contributed by atoms with Gasteiger partial charge in [0.25, 0.3) is 5.91 Å². The molecule has 2 aromatic heterocycles. The van der Waals surface area contributed by atoms with Crippen LogP contribution in [0.2, 0.25) is 0 Å². The van der Waals surface area contributed by atoms with Crippen molar-refractivity contribution >= 4 is 17.5 Å². The van der Waals surface area contributed by atoms with E-state index in [-0.39, 0.29) is 5.75 Å². The molecule has 29 heavy (non-hydrogen) atoms. The summed E-state index contributed by atoms with van der Waals surface area (Å²) < 4.78 is 7.06. The van der Waals surface area contributed by atoms with Crippen molar-refractivity contribution in [3.05, 3.63) is 75.6 Å². The highest BCUT2D eigenvalue weighted by molar-refractivity contribution is 5.93. The average molecular weight is 391 g/mol. The summed E-state index contributed by atoms with van der Waals surface area (Å²) in [6.07, 6.45) is 1.27. The molecule has 9 heteroatoms. The molecule has 9 nitrogen and oxygen atoms in total. The molecule has 0 spiro atoms. The van der Waals surface area contributed by atoms with Crippen LogP contribution in [-0.2, 0) is 4.79 Å². The smallest absolute Gasteiger partial charge is 0.406 e. The number of anilines is 1. The Kier molecular flexibility index (Phi) is 5.55. The summed E-state index contributed by atoms with van der Waals surface area (Å²) in [6, 6.07) is 14.3. The highest BCUT2D eigenvalue weighted by Gasteiger charge is 2.22. The van der Waals surface area contributed by atoms with Crippen LogP contribution in [-0.4, -0.2) is 27.0 Å². The van der Waals surface area contributed by atoms with Crippen molar-refractivity contribution in [3.8, 4) is 17.5 Å². The van der Waals surface area contributed by atoms with Crippen molar-refractivity contribution in [1.82, 2.24) is 9.55 Å². The number of nitro groups is 1. The van der Waals surface area contributed by atoms with E-state index in [0.717, 1.165) is 16.9 Å². The molecule has 0 radical (unpaired) electrons. The minimum atomic E-state index is -0.686. The van der Waals surface area contributed by atoms with Gasteiger partial charge in [-0.15, -0.1) is 0 Å². The fourth-order valence-electron chi connectivity index (χ4n) is 2.90. The third-order valence-corrected chi connectivity index (χ3v) is 4.38. The van der Waals surface area contributed by atoms with Crippen molar-refractivity contribution < 1.29 is 14.5 Å². The zero-order valence-corrected chi connectivity index (χ0v) is 15.7. The molecule has 0 atom stereocenters. The van der Waals surface area contributed by atoms with Crippen molar-refractivity contribution in [2.24, 2.45) is 0 Å². The minimum Gasteiger partial charge on any atom is -0.476 e. The van der Waals surface area contributed by atoms with Crippen LogP contribution in [0.4, 0.5) is 11.6 Å². The Labute approximate surface area is 166 Å². The van der Waals surface area contributed by atoms with E-state index >= 15 is 0 Å². The molecule has 0 fully saturated rings. The summed E-state index contributed by atoms with van der Waals surface area (Å²) in [5.41, 5.74) is 2.68. The highest BCUT2D eigenvalue weighted by atomic mass is 16.6. The summed E-state index contributed by atoms with van der Waals surface area (Å²) in [5, 5.41) is 23.3. The summed E-state index contributed by atoms with van der Waals surface area (Å²) >= 11 is 0. The summed E-state index contributed by atoms with van der Waals surface area (Å²) in [7, 11) is 0. The monoisotopic (exact) mass is 391 g/mol. The number of nitrogens with zero attached hydrogens (tertiary/aromatic N) is 4. The molecule has 3 rings (SSSR count). The molecule has 3 aromatic rings. The van der Waals surface area contributed by atoms with Gasteiger partial charge in [0.15, 0.2) is 6.61 Å². The lowest BCUT2D eigenvalue weighted by Gasteiger charge is -2.13.